The molecule has 0 saturated carbocycles. The fourth-order valence-corrected chi connectivity index (χ4v) is 5.81. The Morgan fingerprint density at radius 3 is 2.38 bits per heavy atom. The van der Waals surface area contributed by atoms with Crippen molar-refractivity contribution in [2.75, 3.05) is 18.8 Å². The predicted octanol–water partition coefficient (Wildman–Crippen LogP) is 5.95. The van der Waals surface area contributed by atoms with Crippen molar-refractivity contribution in [2.45, 2.75) is 60.2 Å². The van der Waals surface area contributed by atoms with E-state index >= 15 is 0 Å². The second-order valence-electron chi connectivity index (χ2n) is 12.0. The molecule has 2 heterocycles. The van der Waals surface area contributed by atoms with Crippen LogP contribution in [0.1, 0.15) is 58.2 Å². The van der Waals surface area contributed by atoms with Crippen molar-refractivity contribution in [1.29, 1.82) is 0 Å². The van der Waals surface area contributed by atoms with Gasteiger partial charge in [-0.05, 0) is 56.8 Å². The number of carbonyl (C=O) groups excluding carboxylic acids is 1. The lowest BCUT2D eigenvalue weighted by Crippen LogP contribution is -2.39. The zero-order valence-corrected chi connectivity index (χ0v) is 24.7. The smallest absolute Gasteiger partial charge is 0.245 e. The lowest BCUT2D eigenvalue weighted by Gasteiger charge is -2.35. The van der Waals surface area contributed by atoms with Crippen molar-refractivity contribution < 1.29 is 13.6 Å². The zero-order valence-electron chi connectivity index (χ0n) is 23.1. The van der Waals surface area contributed by atoms with Crippen LogP contribution in [0.5, 0.6) is 0 Å². The Hall–Kier alpha value is -2.85. The molecule has 3 aromatic rings. The van der Waals surface area contributed by atoms with Crippen LogP contribution >= 0.6 is 15.9 Å². The number of nitrogens with two attached hydrogens (primary N) is 1. The molecule has 1 fully saturated rings. The Bertz CT molecular complexity index is 1310. The van der Waals surface area contributed by atoms with Crippen LogP contribution in [-0.2, 0) is 17.9 Å². The van der Waals surface area contributed by atoms with E-state index in [1.807, 2.05) is 32.9 Å². The molecule has 10 heteroatoms. The third-order valence-electron chi connectivity index (χ3n) is 7.16. The first-order valence-electron chi connectivity index (χ1n) is 13.3. The molecule has 3 N–H and O–H groups in total. The highest BCUT2D eigenvalue weighted by molar-refractivity contribution is 9.10. The molecule has 1 amide bonds. The maximum Gasteiger partial charge on any atom is 0.245 e. The molecule has 1 aliphatic rings. The van der Waals surface area contributed by atoms with E-state index in [9.17, 15) is 13.6 Å². The maximum atomic E-state index is 14.3. The second-order valence-corrected chi connectivity index (χ2v) is 12.8. The summed E-state index contributed by atoms with van der Waals surface area (Å²) in [5.41, 5.74) is 7.59. The van der Waals surface area contributed by atoms with Gasteiger partial charge in [0, 0.05) is 31.7 Å². The molecule has 210 valence electrons. The Kier molecular flexibility index (Phi) is 8.75. The van der Waals surface area contributed by atoms with Gasteiger partial charge in [0.25, 0.3) is 0 Å². The SMILES string of the molecule is CC1CC(C)CN(Cc2ccc(CNC(=O)C(n3cc(-c4cc(F)c(Br)c(F)c4N)nn3)C(C)(C)C)cc2)C1. The molecule has 39 heavy (non-hydrogen) atoms. The number of anilines is 1. The first-order valence-corrected chi connectivity index (χ1v) is 14.1. The van der Waals surface area contributed by atoms with Crippen molar-refractivity contribution in [3.63, 3.8) is 0 Å². The van der Waals surface area contributed by atoms with Gasteiger partial charge in [0.05, 0.1) is 16.4 Å². The van der Waals surface area contributed by atoms with Crippen molar-refractivity contribution in [3.05, 3.63) is 63.8 Å². The van der Waals surface area contributed by atoms with Gasteiger partial charge in [0.15, 0.2) is 5.82 Å². The van der Waals surface area contributed by atoms with Crippen LogP contribution < -0.4 is 11.1 Å². The van der Waals surface area contributed by atoms with Gasteiger partial charge >= 0.3 is 0 Å². The number of likely N-dealkylation sites (tertiary alicyclic amines) is 1. The fraction of sp³-hybridized carbons (Fsp3) is 0.483. The van der Waals surface area contributed by atoms with E-state index in [1.54, 1.807) is 0 Å². The van der Waals surface area contributed by atoms with Crippen molar-refractivity contribution >= 4 is 27.5 Å². The zero-order chi connectivity index (χ0) is 28.5. The molecule has 3 atom stereocenters. The van der Waals surface area contributed by atoms with Crippen LogP contribution in [0.3, 0.4) is 0 Å². The quantitative estimate of drug-likeness (QED) is 0.258. The summed E-state index contributed by atoms with van der Waals surface area (Å²) in [5.74, 6) is -0.511. The largest absolute Gasteiger partial charge is 0.396 e. The summed E-state index contributed by atoms with van der Waals surface area (Å²) in [5, 5.41) is 11.2. The Morgan fingerprint density at radius 2 is 1.77 bits per heavy atom. The molecule has 0 radical (unpaired) electrons. The molecule has 3 unspecified atom stereocenters. The highest BCUT2D eigenvalue weighted by atomic mass is 79.9. The van der Waals surface area contributed by atoms with Crippen LogP contribution in [0, 0.1) is 28.9 Å². The van der Waals surface area contributed by atoms with Gasteiger partial charge < -0.3 is 11.1 Å². The van der Waals surface area contributed by atoms with E-state index in [0.29, 0.717) is 6.54 Å². The summed E-state index contributed by atoms with van der Waals surface area (Å²) in [6.07, 6.45) is 2.78. The standard InChI is InChI=1S/C29H37BrF2N6O/c1-17-10-18(2)14-37(13-17)15-20-8-6-19(7-9-20)12-34-28(39)27(29(3,4)5)38-16-23(35-36-38)21-11-22(31)24(30)25(32)26(21)33/h6-9,11,16-18,27H,10,12-15,33H2,1-5H3,(H,34,39). The number of hydrogen-bond acceptors (Lipinski definition) is 5. The summed E-state index contributed by atoms with van der Waals surface area (Å²) in [7, 11) is 0. The Labute approximate surface area is 237 Å². The highest BCUT2D eigenvalue weighted by Crippen LogP contribution is 2.35. The Morgan fingerprint density at radius 1 is 1.15 bits per heavy atom. The third kappa shape index (κ3) is 6.84. The van der Waals surface area contributed by atoms with Crippen molar-refractivity contribution in [1.82, 2.24) is 25.2 Å². The number of hydrogen-bond donors (Lipinski definition) is 2. The van der Waals surface area contributed by atoms with Crippen LogP contribution in [0.25, 0.3) is 11.3 Å². The molecule has 0 spiro atoms. The molecule has 7 nitrogen and oxygen atoms in total. The van der Waals surface area contributed by atoms with Crippen molar-refractivity contribution in [2.24, 2.45) is 17.3 Å². The average Bonchev–Trinajstić information content (AvgIpc) is 3.32. The first-order chi connectivity index (χ1) is 18.3. The number of benzene rings is 2. The topological polar surface area (TPSA) is 89.1 Å². The maximum absolute atomic E-state index is 14.3. The minimum absolute atomic E-state index is 0.0704. The van der Waals surface area contributed by atoms with E-state index in [2.05, 4.69) is 62.4 Å². The van der Waals surface area contributed by atoms with Crippen molar-refractivity contribution in [3.8, 4) is 11.3 Å². The van der Waals surface area contributed by atoms with Crippen LogP contribution in [0.4, 0.5) is 14.5 Å². The van der Waals surface area contributed by atoms with Gasteiger partial charge in [-0.2, -0.15) is 0 Å². The van der Waals surface area contributed by atoms with E-state index < -0.39 is 23.1 Å². The number of halogens is 3. The molecule has 0 aliphatic carbocycles. The highest BCUT2D eigenvalue weighted by Gasteiger charge is 2.34. The first kappa shape index (κ1) is 29.1. The number of nitrogen functional groups attached to an aromatic ring is 1. The lowest BCUT2D eigenvalue weighted by atomic mass is 9.86. The number of carbonyl (C=O) groups is 1. The van der Waals surface area contributed by atoms with Gasteiger partial charge in [-0.15, -0.1) is 5.10 Å². The number of piperidine rings is 1. The minimum atomic E-state index is -0.907. The van der Waals surface area contributed by atoms with E-state index in [0.717, 1.165) is 43.1 Å². The van der Waals surface area contributed by atoms with Crippen LogP contribution in [0.2, 0.25) is 0 Å². The number of aromatic nitrogens is 3. The van der Waals surface area contributed by atoms with Gasteiger partial charge in [-0.3, -0.25) is 9.69 Å². The number of amides is 1. The third-order valence-corrected chi connectivity index (χ3v) is 7.89. The normalized spacial score (nSPS) is 19.2. The molecular formula is C29H37BrF2N6O. The monoisotopic (exact) mass is 602 g/mol. The van der Waals surface area contributed by atoms with E-state index in [-0.39, 0.29) is 27.3 Å². The molecule has 1 saturated heterocycles. The summed E-state index contributed by atoms with van der Waals surface area (Å²) >= 11 is 2.85. The summed E-state index contributed by atoms with van der Waals surface area (Å²) in [4.78, 5) is 15.9. The summed E-state index contributed by atoms with van der Waals surface area (Å²) < 4.78 is 29.6. The van der Waals surface area contributed by atoms with Crippen LogP contribution in [-0.4, -0.2) is 38.9 Å². The average molecular weight is 604 g/mol. The summed E-state index contributed by atoms with van der Waals surface area (Å²) in [6.45, 7) is 13.9. The fourth-order valence-electron chi connectivity index (χ4n) is 5.49. The number of nitrogens with one attached hydrogen (secondary N) is 1. The number of nitrogens with zero attached hydrogens (tertiary/aromatic N) is 4. The van der Waals surface area contributed by atoms with E-state index in [1.165, 1.54) is 22.9 Å². The predicted molar refractivity (Wildman–Crippen MR) is 152 cm³/mol. The van der Waals surface area contributed by atoms with Gasteiger partial charge in [0.2, 0.25) is 5.91 Å². The van der Waals surface area contributed by atoms with Crippen LogP contribution in [0.15, 0.2) is 41.0 Å². The van der Waals surface area contributed by atoms with Gasteiger partial charge in [-0.25, -0.2) is 13.5 Å². The molecular weight excluding hydrogens is 566 g/mol. The molecule has 1 aliphatic heterocycles. The molecule has 2 aromatic carbocycles. The second kappa shape index (κ2) is 11.7. The molecule has 1 aromatic heterocycles. The summed E-state index contributed by atoms with van der Waals surface area (Å²) in [6, 6.07) is 8.72. The molecule has 0 bridgehead atoms. The Balaban J connectivity index is 1.44. The lowest BCUT2D eigenvalue weighted by molar-refractivity contribution is -0.127. The van der Waals surface area contributed by atoms with Gasteiger partial charge in [-0.1, -0.05) is 64.1 Å². The number of rotatable bonds is 7. The van der Waals surface area contributed by atoms with E-state index in [4.69, 9.17) is 5.73 Å². The van der Waals surface area contributed by atoms with Gasteiger partial charge in [0.1, 0.15) is 17.6 Å². The molecule has 4 rings (SSSR count). The minimum Gasteiger partial charge on any atom is -0.396 e.